The number of hydrogen-bond donors (Lipinski definition) is 1. The number of furan rings is 1. The van der Waals surface area contributed by atoms with Crippen molar-refractivity contribution in [1.29, 1.82) is 0 Å². The topological polar surface area (TPSA) is 25.2 Å². The van der Waals surface area contributed by atoms with E-state index in [0.29, 0.717) is 11.5 Å². The summed E-state index contributed by atoms with van der Waals surface area (Å²) in [6.07, 6.45) is 0. The maximum atomic E-state index is 13.1. The summed E-state index contributed by atoms with van der Waals surface area (Å²) in [5.74, 6) is -3.01. The van der Waals surface area contributed by atoms with Gasteiger partial charge in [-0.1, -0.05) is 0 Å². The van der Waals surface area contributed by atoms with Crippen molar-refractivity contribution in [2.75, 3.05) is 7.05 Å². The van der Waals surface area contributed by atoms with Gasteiger partial charge in [0, 0.05) is 5.56 Å². The van der Waals surface area contributed by atoms with E-state index in [-0.39, 0.29) is 11.6 Å². The van der Waals surface area contributed by atoms with Crippen LogP contribution in [0.25, 0.3) is 11.3 Å². The Kier molecular flexibility index (Phi) is 3.43. The number of halogens is 3. The zero-order valence-electron chi connectivity index (χ0n) is 9.93. The molecule has 0 aliphatic heterocycles. The van der Waals surface area contributed by atoms with Crippen LogP contribution in [0.4, 0.5) is 13.2 Å². The summed E-state index contributed by atoms with van der Waals surface area (Å²) in [6.45, 7) is 1.88. The van der Waals surface area contributed by atoms with Crippen LogP contribution in [0.1, 0.15) is 18.7 Å². The summed E-state index contributed by atoms with van der Waals surface area (Å²) in [7, 11) is 1.77. The van der Waals surface area contributed by atoms with E-state index in [1.165, 1.54) is 0 Å². The molecule has 0 bridgehead atoms. The Balaban J connectivity index is 2.40. The maximum Gasteiger partial charge on any atom is 0.194 e. The molecular formula is C13H12F3NO. The van der Waals surface area contributed by atoms with Gasteiger partial charge in [-0.15, -0.1) is 0 Å². The average molecular weight is 255 g/mol. The van der Waals surface area contributed by atoms with E-state index in [0.717, 1.165) is 12.1 Å². The minimum Gasteiger partial charge on any atom is -0.459 e. The van der Waals surface area contributed by atoms with Crippen molar-refractivity contribution in [1.82, 2.24) is 5.32 Å². The van der Waals surface area contributed by atoms with Crippen LogP contribution in [0.15, 0.2) is 28.7 Å². The smallest absolute Gasteiger partial charge is 0.194 e. The Morgan fingerprint density at radius 3 is 2.28 bits per heavy atom. The van der Waals surface area contributed by atoms with Crippen LogP contribution >= 0.6 is 0 Å². The fourth-order valence-corrected chi connectivity index (χ4v) is 1.58. The molecule has 0 aliphatic carbocycles. The molecule has 18 heavy (non-hydrogen) atoms. The average Bonchev–Trinajstić information content (AvgIpc) is 2.84. The van der Waals surface area contributed by atoms with Crippen LogP contribution in [0.2, 0.25) is 0 Å². The lowest BCUT2D eigenvalue weighted by Crippen LogP contribution is -2.11. The van der Waals surface area contributed by atoms with Crippen molar-refractivity contribution in [3.05, 3.63) is 47.5 Å². The lowest BCUT2D eigenvalue weighted by atomic mass is 10.1. The van der Waals surface area contributed by atoms with Gasteiger partial charge in [-0.25, -0.2) is 13.2 Å². The molecular weight excluding hydrogens is 243 g/mol. The van der Waals surface area contributed by atoms with Crippen molar-refractivity contribution in [3.63, 3.8) is 0 Å². The molecule has 2 nitrogen and oxygen atoms in total. The first-order chi connectivity index (χ1) is 8.52. The van der Waals surface area contributed by atoms with E-state index in [4.69, 9.17) is 4.42 Å². The van der Waals surface area contributed by atoms with Gasteiger partial charge in [-0.05, 0) is 38.2 Å². The van der Waals surface area contributed by atoms with Gasteiger partial charge in [0.05, 0.1) is 6.04 Å². The summed E-state index contributed by atoms with van der Waals surface area (Å²) < 4.78 is 44.5. The largest absolute Gasteiger partial charge is 0.459 e. The number of nitrogens with one attached hydrogen (secondary N) is 1. The number of benzene rings is 1. The maximum absolute atomic E-state index is 13.1. The zero-order valence-corrected chi connectivity index (χ0v) is 9.93. The van der Waals surface area contributed by atoms with Crippen molar-refractivity contribution in [2.45, 2.75) is 13.0 Å². The predicted octanol–water partition coefficient (Wildman–Crippen LogP) is 3.64. The molecule has 1 aromatic heterocycles. The first-order valence-electron chi connectivity index (χ1n) is 5.45. The van der Waals surface area contributed by atoms with Gasteiger partial charge < -0.3 is 9.73 Å². The van der Waals surface area contributed by atoms with E-state index in [1.807, 2.05) is 6.92 Å². The first-order valence-corrected chi connectivity index (χ1v) is 5.45. The number of hydrogen-bond acceptors (Lipinski definition) is 2. The molecule has 1 N–H and O–H groups in total. The van der Waals surface area contributed by atoms with Crippen molar-refractivity contribution in [3.8, 4) is 11.3 Å². The molecule has 0 saturated carbocycles. The highest BCUT2D eigenvalue weighted by molar-refractivity contribution is 5.58. The third kappa shape index (κ3) is 2.26. The Morgan fingerprint density at radius 2 is 1.72 bits per heavy atom. The van der Waals surface area contributed by atoms with Gasteiger partial charge in [0.15, 0.2) is 17.5 Å². The van der Waals surface area contributed by atoms with Crippen molar-refractivity contribution in [2.24, 2.45) is 0 Å². The van der Waals surface area contributed by atoms with Gasteiger partial charge in [-0.2, -0.15) is 0 Å². The third-order valence-corrected chi connectivity index (χ3v) is 2.75. The summed E-state index contributed by atoms with van der Waals surface area (Å²) in [4.78, 5) is 0. The van der Waals surface area contributed by atoms with Crippen molar-refractivity contribution < 1.29 is 17.6 Å². The fraction of sp³-hybridized carbons (Fsp3) is 0.231. The highest BCUT2D eigenvalue weighted by Gasteiger charge is 2.15. The van der Waals surface area contributed by atoms with Gasteiger partial charge in [-0.3, -0.25) is 0 Å². The molecule has 1 heterocycles. The van der Waals surface area contributed by atoms with E-state index in [2.05, 4.69) is 5.32 Å². The molecule has 96 valence electrons. The number of rotatable bonds is 3. The highest BCUT2D eigenvalue weighted by Crippen LogP contribution is 2.27. The van der Waals surface area contributed by atoms with Crippen molar-refractivity contribution >= 4 is 0 Å². The third-order valence-electron chi connectivity index (χ3n) is 2.75. The molecule has 0 amide bonds. The van der Waals surface area contributed by atoms with Gasteiger partial charge in [0.2, 0.25) is 0 Å². The van der Waals surface area contributed by atoms with E-state index in [1.54, 1.807) is 19.2 Å². The molecule has 1 aromatic carbocycles. The molecule has 1 unspecified atom stereocenters. The second kappa shape index (κ2) is 4.86. The van der Waals surface area contributed by atoms with E-state index >= 15 is 0 Å². The van der Waals surface area contributed by atoms with Gasteiger partial charge >= 0.3 is 0 Å². The van der Waals surface area contributed by atoms with Gasteiger partial charge in [0.1, 0.15) is 11.5 Å². The SMILES string of the molecule is CNC(C)c1ccc(-c2cc(F)c(F)c(F)c2)o1. The minimum absolute atomic E-state index is 0.0195. The minimum atomic E-state index is -1.48. The monoisotopic (exact) mass is 255 g/mol. The van der Waals surface area contributed by atoms with Crippen LogP contribution in [-0.4, -0.2) is 7.05 Å². The molecule has 5 heteroatoms. The molecule has 1 atom stereocenters. The summed E-state index contributed by atoms with van der Waals surface area (Å²) >= 11 is 0. The zero-order chi connectivity index (χ0) is 13.3. The molecule has 0 radical (unpaired) electrons. The predicted molar refractivity (Wildman–Crippen MR) is 61.5 cm³/mol. The van der Waals surface area contributed by atoms with E-state index in [9.17, 15) is 13.2 Å². The summed E-state index contributed by atoms with van der Waals surface area (Å²) in [5.41, 5.74) is 0.168. The molecule has 2 rings (SSSR count). The second-order valence-electron chi connectivity index (χ2n) is 3.97. The normalized spacial score (nSPS) is 12.7. The molecule has 0 fully saturated rings. The van der Waals surface area contributed by atoms with Crippen LogP contribution in [0.3, 0.4) is 0 Å². The summed E-state index contributed by atoms with van der Waals surface area (Å²) in [6, 6.07) is 5.09. The molecule has 2 aromatic rings. The Bertz CT molecular complexity index is 542. The highest BCUT2D eigenvalue weighted by atomic mass is 19.2. The molecule has 0 saturated heterocycles. The lowest BCUT2D eigenvalue weighted by Gasteiger charge is -2.05. The van der Waals surface area contributed by atoms with Gasteiger partial charge in [0.25, 0.3) is 0 Å². The fourth-order valence-electron chi connectivity index (χ4n) is 1.58. The Hall–Kier alpha value is -1.75. The van der Waals surface area contributed by atoms with Crippen LogP contribution < -0.4 is 5.32 Å². The van der Waals surface area contributed by atoms with E-state index < -0.39 is 17.5 Å². The first kappa shape index (κ1) is 12.7. The van der Waals surface area contributed by atoms with Crippen LogP contribution in [0.5, 0.6) is 0 Å². The van der Waals surface area contributed by atoms with Crippen LogP contribution in [-0.2, 0) is 0 Å². The molecule has 0 spiro atoms. The quantitative estimate of drug-likeness (QED) is 0.847. The Labute approximate surface area is 102 Å². The molecule has 0 aliphatic rings. The Morgan fingerprint density at radius 1 is 1.11 bits per heavy atom. The lowest BCUT2D eigenvalue weighted by molar-refractivity contribution is 0.443. The van der Waals surface area contributed by atoms with Crippen LogP contribution in [0, 0.1) is 17.5 Å². The summed E-state index contributed by atoms with van der Waals surface area (Å²) in [5, 5.41) is 2.98. The second-order valence-corrected chi connectivity index (χ2v) is 3.97. The standard InChI is InChI=1S/C13H12F3NO/c1-7(17-2)11-3-4-12(18-11)8-5-9(14)13(16)10(15)6-8/h3-7,17H,1-2H3.